The highest BCUT2D eigenvalue weighted by molar-refractivity contribution is 5.96. The summed E-state index contributed by atoms with van der Waals surface area (Å²) in [6.45, 7) is 1.92. The van der Waals surface area contributed by atoms with E-state index in [0.29, 0.717) is 5.82 Å². The molecular weight excluding hydrogens is 212 g/mol. The molecule has 0 aliphatic heterocycles. The molecule has 3 rings (SSSR count). The van der Waals surface area contributed by atoms with Crippen LogP contribution in [0.25, 0.3) is 22.1 Å². The van der Waals surface area contributed by atoms with Gasteiger partial charge >= 0.3 is 0 Å². The van der Waals surface area contributed by atoms with Crippen molar-refractivity contribution in [1.29, 1.82) is 0 Å². The molecule has 0 saturated heterocycles. The summed E-state index contributed by atoms with van der Waals surface area (Å²) >= 11 is 0. The van der Waals surface area contributed by atoms with Gasteiger partial charge in [-0.25, -0.2) is 0 Å². The molecule has 3 heteroatoms. The number of nitrogens with zero attached hydrogens (tertiary/aromatic N) is 1. The van der Waals surface area contributed by atoms with Crippen molar-refractivity contribution >= 4 is 16.6 Å². The van der Waals surface area contributed by atoms with E-state index in [1.54, 1.807) is 0 Å². The fraction of sp³-hybridized carbons (Fsp3) is 0.0714. The summed E-state index contributed by atoms with van der Waals surface area (Å²) in [5.41, 5.74) is 7.64. The maximum Gasteiger partial charge on any atom is 0.172 e. The number of rotatable bonds is 1. The number of hydrogen-bond donors (Lipinski definition) is 1. The summed E-state index contributed by atoms with van der Waals surface area (Å²) in [6.07, 6.45) is 0. The molecule has 1 aromatic heterocycles. The van der Waals surface area contributed by atoms with Crippen molar-refractivity contribution in [3.05, 3.63) is 48.0 Å². The molecule has 3 aromatic rings. The molecule has 0 amide bonds. The summed E-state index contributed by atoms with van der Waals surface area (Å²) in [6, 6.07) is 14.3. The van der Waals surface area contributed by atoms with Crippen LogP contribution in [-0.2, 0) is 0 Å². The number of fused-ring (bicyclic) bond motifs is 1. The normalized spacial score (nSPS) is 10.9. The van der Waals surface area contributed by atoms with Crippen LogP contribution in [0, 0.1) is 6.92 Å². The van der Waals surface area contributed by atoms with Gasteiger partial charge in [0.25, 0.3) is 0 Å². The predicted octanol–water partition coefficient (Wildman–Crippen LogP) is 3.39. The van der Waals surface area contributed by atoms with Crippen molar-refractivity contribution in [1.82, 2.24) is 5.16 Å². The van der Waals surface area contributed by atoms with Crippen molar-refractivity contribution in [2.45, 2.75) is 6.92 Å². The lowest BCUT2D eigenvalue weighted by molar-refractivity contribution is 0.435. The van der Waals surface area contributed by atoms with Gasteiger partial charge in [-0.3, -0.25) is 0 Å². The number of hydrogen-bond acceptors (Lipinski definition) is 3. The molecule has 0 aliphatic rings. The number of nitrogens with two attached hydrogens (primary N) is 1. The van der Waals surface area contributed by atoms with Crippen LogP contribution in [0.2, 0.25) is 0 Å². The molecule has 17 heavy (non-hydrogen) atoms. The van der Waals surface area contributed by atoms with Gasteiger partial charge in [0.15, 0.2) is 11.6 Å². The topological polar surface area (TPSA) is 52.0 Å². The van der Waals surface area contributed by atoms with Gasteiger partial charge in [0, 0.05) is 11.1 Å². The Labute approximate surface area is 98.8 Å². The third-order valence-corrected chi connectivity index (χ3v) is 2.99. The quantitative estimate of drug-likeness (QED) is 0.689. The molecular formula is C14H12N2O. The Hall–Kier alpha value is -2.29. The molecule has 0 fully saturated rings. The van der Waals surface area contributed by atoms with E-state index in [1.165, 1.54) is 5.39 Å². The summed E-state index contributed by atoms with van der Waals surface area (Å²) in [5, 5.41) is 6.13. The van der Waals surface area contributed by atoms with Crippen LogP contribution in [0.5, 0.6) is 0 Å². The molecule has 0 atom stereocenters. The predicted molar refractivity (Wildman–Crippen MR) is 68.6 cm³/mol. The molecule has 0 spiro atoms. The van der Waals surface area contributed by atoms with E-state index in [4.69, 9.17) is 10.3 Å². The average molecular weight is 224 g/mol. The zero-order valence-corrected chi connectivity index (χ0v) is 9.47. The first-order valence-electron chi connectivity index (χ1n) is 5.47. The highest BCUT2D eigenvalue weighted by atomic mass is 16.5. The second-order valence-corrected chi connectivity index (χ2v) is 4.05. The van der Waals surface area contributed by atoms with Crippen molar-refractivity contribution in [3.63, 3.8) is 0 Å². The molecule has 1 heterocycles. The van der Waals surface area contributed by atoms with Crippen LogP contribution in [0.1, 0.15) is 5.56 Å². The Morgan fingerprint density at radius 3 is 2.59 bits per heavy atom. The molecule has 0 unspecified atom stereocenters. The van der Waals surface area contributed by atoms with E-state index in [9.17, 15) is 0 Å². The number of anilines is 1. The van der Waals surface area contributed by atoms with Gasteiger partial charge in [0.2, 0.25) is 0 Å². The van der Waals surface area contributed by atoms with Crippen LogP contribution >= 0.6 is 0 Å². The minimum atomic E-state index is 0.452. The Bertz CT molecular complexity index is 680. The largest absolute Gasteiger partial charge is 0.381 e. The minimum Gasteiger partial charge on any atom is -0.381 e. The standard InChI is InChI=1S/C14H12N2O/c1-9-13(17-16-14(9)15)12-8-4-6-10-5-2-3-7-11(10)12/h2-8H,1H3,(H2,15,16). The molecule has 2 aromatic carbocycles. The molecule has 0 saturated carbocycles. The molecule has 0 aliphatic carbocycles. The highest BCUT2D eigenvalue weighted by Crippen LogP contribution is 2.32. The number of benzene rings is 2. The van der Waals surface area contributed by atoms with Gasteiger partial charge in [-0.2, -0.15) is 0 Å². The molecule has 0 radical (unpaired) electrons. The van der Waals surface area contributed by atoms with Gasteiger partial charge in [-0.1, -0.05) is 47.6 Å². The van der Waals surface area contributed by atoms with E-state index < -0.39 is 0 Å². The summed E-state index contributed by atoms with van der Waals surface area (Å²) in [4.78, 5) is 0. The van der Waals surface area contributed by atoms with E-state index in [2.05, 4.69) is 23.4 Å². The second-order valence-electron chi connectivity index (χ2n) is 4.05. The van der Waals surface area contributed by atoms with Crippen molar-refractivity contribution < 1.29 is 4.52 Å². The van der Waals surface area contributed by atoms with Crippen LogP contribution < -0.4 is 5.73 Å². The fourth-order valence-electron chi connectivity index (χ4n) is 2.02. The second kappa shape index (κ2) is 3.63. The molecule has 84 valence electrons. The van der Waals surface area contributed by atoms with Crippen LogP contribution in [-0.4, -0.2) is 5.16 Å². The lowest BCUT2D eigenvalue weighted by atomic mass is 10.0. The highest BCUT2D eigenvalue weighted by Gasteiger charge is 2.13. The maximum atomic E-state index is 5.72. The zero-order chi connectivity index (χ0) is 11.8. The van der Waals surface area contributed by atoms with Gasteiger partial charge in [0.1, 0.15) is 0 Å². The van der Waals surface area contributed by atoms with Crippen molar-refractivity contribution in [2.24, 2.45) is 0 Å². The first-order valence-corrected chi connectivity index (χ1v) is 5.47. The Morgan fingerprint density at radius 2 is 1.82 bits per heavy atom. The SMILES string of the molecule is Cc1c(N)noc1-c1cccc2ccccc12. The number of nitrogen functional groups attached to an aromatic ring is 1. The third-order valence-electron chi connectivity index (χ3n) is 2.99. The molecule has 0 bridgehead atoms. The summed E-state index contributed by atoms with van der Waals surface area (Å²) in [7, 11) is 0. The first-order chi connectivity index (χ1) is 8.27. The van der Waals surface area contributed by atoms with E-state index in [0.717, 1.165) is 22.3 Å². The van der Waals surface area contributed by atoms with Gasteiger partial charge in [-0.05, 0) is 17.7 Å². The van der Waals surface area contributed by atoms with Crippen LogP contribution in [0.15, 0.2) is 47.0 Å². The minimum absolute atomic E-state index is 0.452. The zero-order valence-electron chi connectivity index (χ0n) is 9.47. The average Bonchev–Trinajstić information content (AvgIpc) is 2.69. The third kappa shape index (κ3) is 1.47. The Kier molecular flexibility index (Phi) is 2.11. The Balaban J connectivity index is 2.34. The maximum absolute atomic E-state index is 5.72. The van der Waals surface area contributed by atoms with Gasteiger partial charge < -0.3 is 10.3 Å². The van der Waals surface area contributed by atoms with Crippen LogP contribution in [0.4, 0.5) is 5.82 Å². The fourth-order valence-corrected chi connectivity index (χ4v) is 2.02. The number of aromatic nitrogens is 1. The van der Waals surface area contributed by atoms with Crippen LogP contribution in [0.3, 0.4) is 0 Å². The Morgan fingerprint density at radius 1 is 1.06 bits per heavy atom. The lowest BCUT2D eigenvalue weighted by Crippen LogP contribution is -1.87. The lowest BCUT2D eigenvalue weighted by Gasteiger charge is -2.03. The van der Waals surface area contributed by atoms with Gasteiger partial charge in [0.05, 0.1) is 0 Å². The van der Waals surface area contributed by atoms with Gasteiger partial charge in [-0.15, -0.1) is 0 Å². The van der Waals surface area contributed by atoms with Crippen molar-refractivity contribution in [3.8, 4) is 11.3 Å². The monoisotopic (exact) mass is 224 g/mol. The summed E-state index contributed by atoms with van der Waals surface area (Å²) in [5.74, 6) is 1.20. The smallest absolute Gasteiger partial charge is 0.172 e. The first kappa shape index (κ1) is 9.90. The van der Waals surface area contributed by atoms with E-state index >= 15 is 0 Å². The van der Waals surface area contributed by atoms with E-state index in [1.807, 2.05) is 31.2 Å². The molecule has 3 nitrogen and oxygen atoms in total. The van der Waals surface area contributed by atoms with Crippen molar-refractivity contribution in [2.75, 3.05) is 5.73 Å². The summed E-state index contributed by atoms with van der Waals surface area (Å²) < 4.78 is 5.31. The molecule has 2 N–H and O–H groups in total. The van der Waals surface area contributed by atoms with E-state index in [-0.39, 0.29) is 0 Å².